The van der Waals surface area contributed by atoms with Crippen molar-refractivity contribution in [1.29, 1.82) is 0 Å². The summed E-state index contributed by atoms with van der Waals surface area (Å²) in [5.74, 6) is -0.304. The topological polar surface area (TPSA) is 41.1 Å². The van der Waals surface area contributed by atoms with Crippen LogP contribution in [-0.4, -0.2) is 18.5 Å². The minimum Gasteiger partial charge on any atom is -0.374 e. The van der Waals surface area contributed by atoms with Crippen LogP contribution in [0.5, 0.6) is 0 Å². The SMILES string of the molecule is C=CCNC(=O)C(C)Nc1cc(C(F)(F)F)ccc1C. The van der Waals surface area contributed by atoms with Crippen LogP contribution < -0.4 is 10.6 Å². The van der Waals surface area contributed by atoms with Crippen molar-refractivity contribution in [3.05, 3.63) is 42.0 Å². The second kappa shape index (κ2) is 6.45. The zero-order valence-electron chi connectivity index (χ0n) is 11.3. The van der Waals surface area contributed by atoms with Gasteiger partial charge in [-0.25, -0.2) is 0 Å². The normalized spacial score (nSPS) is 12.7. The van der Waals surface area contributed by atoms with Crippen LogP contribution >= 0.6 is 0 Å². The van der Waals surface area contributed by atoms with Crippen molar-refractivity contribution in [2.45, 2.75) is 26.1 Å². The van der Waals surface area contributed by atoms with Crippen molar-refractivity contribution in [2.24, 2.45) is 0 Å². The van der Waals surface area contributed by atoms with Crippen LogP contribution in [0.25, 0.3) is 0 Å². The number of benzene rings is 1. The van der Waals surface area contributed by atoms with Gasteiger partial charge in [0.25, 0.3) is 0 Å². The van der Waals surface area contributed by atoms with Gasteiger partial charge in [-0.05, 0) is 31.5 Å². The molecule has 1 aromatic rings. The smallest absolute Gasteiger partial charge is 0.374 e. The van der Waals surface area contributed by atoms with E-state index in [4.69, 9.17) is 0 Å². The van der Waals surface area contributed by atoms with E-state index in [2.05, 4.69) is 17.2 Å². The lowest BCUT2D eigenvalue weighted by molar-refractivity contribution is -0.137. The molecule has 0 aliphatic rings. The van der Waals surface area contributed by atoms with E-state index in [0.29, 0.717) is 17.8 Å². The lowest BCUT2D eigenvalue weighted by Crippen LogP contribution is -2.37. The molecule has 1 unspecified atom stereocenters. The highest BCUT2D eigenvalue weighted by atomic mass is 19.4. The van der Waals surface area contributed by atoms with Crippen molar-refractivity contribution in [3.63, 3.8) is 0 Å². The summed E-state index contributed by atoms with van der Waals surface area (Å²) in [7, 11) is 0. The summed E-state index contributed by atoms with van der Waals surface area (Å²) in [6, 6.07) is 2.76. The Labute approximate surface area is 115 Å². The van der Waals surface area contributed by atoms with E-state index in [-0.39, 0.29) is 5.91 Å². The fourth-order valence-electron chi connectivity index (χ4n) is 1.58. The highest BCUT2D eigenvalue weighted by Gasteiger charge is 2.31. The van der Waals surface area contributed by atoms with Crippen LogP contribution in [0.3, 0.4) is 0 Å². The first-order valence-corrected chi connectivity index (χ1v) is 6.08. The number of anilines is 1. The van der Waals surface area contributed by atoms with Crippen LogP contribution in [0.2, 0.25) is 0 Å². The lowest BCUT2D eigenvalue weighted by Gasteiger charge is -2.18. The Bertz CT molecular complexity index is 498. The quantitative estimate of drug-likeness (QED) is 0.817. The summed E-state index contributed by atoms with van der Waals surface area (Å²) in [4.78, 5) is 11.7. The second-order valence-electron chi connectivity index (χ2n) is 4.43. The third kappa shape index (κ3) is 4.29. The second-order valence-corrected chi connectivity index (χ2v) is 4.43. The maximum absolute atomic E-state index is 12.6. The van der Waals surface area contributed by atoms with Gasteiger partial charge in [0.2, 0.25) is 5.91 Å². The number of amides is 1. The largest absolute Gasteiger partial charge is 0.416 e. The maximum Gasteiger partial charge on any atom is 0.416 e. The molecule has 1 aromatic carbocycles. The van der Waals surface area contributed by atoms with Gasteiger partial charge in [0.15, 0.2) is 0 Å². The molecular formula is C14H17F3N2O. The Balaban J connectivity index is 2.86. The summed E-state index contributed by atoms with van der Waals surface area (Å²) in [6.07, 6.45) is -2.88. The van der Waals surface area contributed by atoms with E-state index in [9.17, 15) is 18.0 Å². The number of hydrogen-bond acceptors (Lipinski definition) is 2. The first-order chi connectivity index (χ1) is 9.25. The van der Waals surface area contributed by atoms with Gasteiger partial charge in [-0.1, -0.05) is 12.1 Å². The zero-order chi connectivity index (χ0) is 15.3. The molecule has 0 fully saturated rings. The van der Waals surface area contributed by atoms with Gasteiger partial charge in [0.05, 0.1) is 5.56 Å². The highest BCUT2D eigenvalue weighted by Crippen LogP contribution is 2.32. The van der Waals surface area contributed by atoms with Crippen molar-refractivity contribution < 1.29 is 18.0 Å². The first-order valence-electron chi connectivity index (χ1n) is 6.08. The summed E-state index contributed by atoms with van der Waals surface area (Å²) in [5, 5.41) is 5.36. The molecule has 1 rings (SSSR count). The van der Waals surface area contributed by atoms with Gasteiger partial charge in [0, 0.05) is 12.2 Å². The molecule has 0 radical (unpaired) electrons. The van der Waals surface area contributed by atoms with Crippen LogP contribution in [0.1, 0.15) is 18.1 Å². The molecule has 0 saturated carbocycles. The van der Waals surface area contributed by atoms with Crippen LogP contribution in [0.4, 0.5) is 18.9 Å². The molecule has 20 heavy (non-hydrogen) atoms. The van der Waals surface area contributed by atoms with Gasteiger partial charge in [0.1, 0.15) is 6.04 Å². The van der Waals surface area contributed by atoms with Gasteiger partial charge in [-0.3, -0.25) is 4.79 Å². The third-order valence-corrected chi connectivity index (χ3v) is 2.75. The van der Waals surface area contributed by atoms with Crippen molar-refractivity contribution in [2.75, 3.05) is 11.9 Å². The van der Waals surface area contributed by atoms with Crippen molar-refractivity contribution in [3.8, 4) is 0 Å². The molecule has 110 valence electrons. The Kier molecular flexibility index (Phi) is 5.19. The predicted octanol–water partition coefficient (Wildman–Crippen LogP) is 3.12. The van der Waals surface area contributed by atoms with E-state index in [0.717, 1.165) is 12.1 Å². The van der Waals surface area contributed by atoms with Crippen molar-refractivity contribution >= 4 is 11.6 Å². The maximum atomic E-state index is 12.6. The molecule has 0 bridgehead atoms. The first kappa shape index (κ1) is 16.1. The number of rotatable bonds is 5. The molecule has 0 heterocycles. The van der Waals surface area contributed by atoms with Gasteiger partial charge >= 0.3 is 6.18 Å². The van der Waals surface area contributed by atoms with Crippen LogP contribution in [-0.2, 0) is 11.0 Å². The molecule has 0 aromatic heterocycles. The van der Waals surface area contributed by atoms with Gasteiger partial charge in [-0.2, -0.15) is 13.2 Å². The average molecular weight is 286 g/mol. The van der Waals surface area contributed by atoms with E-state index in [1.807, 2.05) is 0 Å². The summed E-state index contributed by atoms with van der Waals surface area (Å²) in [6.45, 7) is 7.04. The molecule has 0 spiro atoms. The number of aryl methyl sites for hydroxylation is 1. The number of alkyl halides is 3. The fraction of sp³-hybridized carbons (Fsp3) is 0.357. The highest BCUT2D eigenvalue weighted by molar-refractivity contribution is 5.84. The van der Waals surface area contributed by atoms with Crippen LogP contribution in [0, 0.1) is 6.92 Å². The summed E-state index contributed by atoms with van der Waals surface area (Å²) >= 11 is 0. The van der Waals surface area contributed by atoms with E-state index in [1.165, 1.54) is 12.1 Å². The monoisotopic (exact) mass is 286 g/mol. The third-order valence-electron chi connectivity index (χ3n) is 2.75. The van der Waals surface area contributed by atoms with E-state index >= 15 is 0 Å². The molecule has 1 atom stereocenters. The molecule has 0 aliphatic heterocycles. The molecule has 6 heteroatoms. The van der Waals surface area contributed by atoms with E-state index < -0.39 is 17.8 Å². The van der Waals surface area contributed by atoms with Crippen LogP contribution in [0.15, 0.2) is 30.9 Å². The summed E-state index contributed by atoms with van der Waals surface area (Å²) in [5.41, 5.74) is 0.187. The van der Waals surface area contributed by atoms with Gasteiger partial charge in [-0.15, -0.1) is 6.58 Å². The molecular weight excluding hydrogens is 269 g/mol. The lowest BCUT2D eigenvalue weighted by atomic mass is 10.1. The molecule has 2 N–H and O–H groups in total. The number of nitrogens with one attached hydrogen (secondary N) is 2. The minimum absolute atomic E-state index is 0.293. The Morgan fingerprint density at radius 1 is 1.45 bits per heavy atom. The number of carbonyl (C=O) groups is 1. The molecule has 0 aliphatic carbocycles. The molecule has 0 saturated heterocycles. The predicted molar refractivity (Wildman–Crippen MR) is 72.5 cm³/mol. The Morgan fingerprint density at radius 3 is 2.65 bits per heavy atom. The van der Waals surface area contributed by atoms with Crippen molar-refractivity contribution in [1.82, 2.24) is 5.32 Å². The fourth-order valence-corrected chi connectivity index (χ4v) is 1.58. The standard InChI is InChI=1S/C14H17F3N2O/c1-4-7-18-13(20)10(3)19-12-8-11(14(15,16)17)6-5-9(12)2/h4-6,8,10,19H,1,7H2,2-3H3,(H,18,20). The number of hydrogen-bond donors (Lipinski definition) is 2. The van der Waals surface area contributed by atoms with Gasteiger partial charge < -0.3 is 10.6 Å². The summed E-state index contributed by atoms with van der Waals surface area (Å²) < 4.78 is 37.9. The minimum atomic E-state index is -4.40. The Morgan fingerprint density at radius 2 is 2.10 bits per heavy atom. The molecule has 1 amide bonds. The molecule has 3 nitrogen and oxygen atoms in total. The Hall–Kier alpha value is -1.98. The number of halogens is 3. The zero-order valence-corrected chi connectivity index (χ0v) is 11.3. The van der Waals surface area contributed by atoms with E-state index in [1.54, 1.807) is 13.8 Å². The average Bonchev–Trinajstić information content (AvgIpc) is 2.37. The number of carbonyl (C=O) groups excluding carboxylic acids is 1.